The minimum absolute atomic E-state index is 0.320. The highest BCUT2D eigenvalue weighted by Gasteiger charge is 2.49. The van der Waals surface area contributed by atoms with Gasteiger partial charge in [0.2, 0.25) is 0 Å². The first-order chi connectivity index (χ1) is 12.3. The Hall–Kier alpha value is -1.49. The summed E-state index contributed by atoms with van der Waals surface area (Å²) in [4.78, 5) is 4.03. The van der Waals surface area contributed by atoms with Gasteiger partial charge in [0.15, 0.2) is 0 Å². The molecular formula is C21H24N2OS. The normalized spacial score (nSPS) is 31.1. The maximum absolute atomic E-state index is 6.29. The second kappa shape index (κ2) is 6.04. The molecule has 2 unspecified atom stereocenters. The molecule has 4 aliphatic rings. The van der Waals surface area contributed by atoms with Crippen molar-refractivity contribution in [1.29, 1.82) is 0 Å². The van der Waals surface area contributed by atoms with Gasteiger partial charge in [0.25, 0.3) is 0 Å². The van der Waals surface area contributed by atoms with Crippen LogP contribution in [0.3, 0.4) is 0 Å². The van der Waals surface area contributed by atoms with Gasteiger partial charge in [-0.3, -0.25) is 0 Å². The van der Waals surface area contributed by atoms with Crippen molar-refractivity contribution in [1.82, 2.24) is 10.2 Å². The number of rotatable bonds is 2. The molecule has 1 aromatic carbocycles. The standard InChI is InChI=1S/C21H24N2OS/c1-24-21(15-6-3-2-4-7-15)10-8-16-17-14-22-11-9-18(17)23-12-5-13-25-20(21)19(16)23/h2-7,13,18,22H,8-12,14H2,1H3. The lowest BCUT2D eigenvalue weighted by atomic mass is 9.80. The van der Waals surface area contributed by atoms with Gasteiger partial charge in [0.05, 0.1) is 11.7 Å². The second-order valence-corrected chi connectivity index (χ2v) is 8.12. The Kier molecular flexibility index (Phi) is 3.81. The van der Waals surface area contributed by atoms with Crippen molar-refractivity contribution in [3.05, 3.63) is 69.1 Å². The van der Waals surface area contributed by atoms with Crippen LogP contribution in [0.25, 0.3) is 0 Å². The largest absolute Gasteiger partial charge is 0.368 e. The number of ether oxygens (including phenoxy) is 1. The molecule has 2 atom stereocenters. The fraction of sp³-hybridized carbons (Fsp3) is 0.429. The average Bonchev–Trinajstić information content (AvgIpc) is 2.83. The zero-order chi connectivity index (χ0) is 16.9. The van der Waals surface area contributed by atoms with E-state index in [2.05, 4.69) is 52.0 Å². The van der Waals surface area contributed by atoms with Crippen molar-refractivity contribution in [2.24, 2.45) is 0 Å². The molecule has 3 aliphatic heterocycles. The van der Waals surface area contributed by atoms with Crippen molar-refractivity contribution in [3.63, 3.8) is 0 Å². The summed E-state index contributed by atoms with van der Waals surface area (Å²) in [5, 5.41) is 5.85. The van der Waals surface area contributed by atoms with Gasteiger partial charge in [-0.2, -0.15) is 0 Å². The number of allylic oxidation sites excluding steroid dienone is 1. The van der Waals surface area contributed by atoms with Gasteiger partial charge in [0, 0.05) is 25.1 Å². The van der Waals surface area contributed by atoms with Gasteiger partial charge < -0.3 is 15.0 Å². The molecule has 1 fully saturated rings. The summed E-state index contributed by atoms with van der Waals surface area (Å²) >= 11 is 1.87. The number of hydrogen-bond acceptors (Lipinski definition) is 4. The minimum Gasteiger partial charge on any atom is -0.368 e. The maximum Gasteiger partial charge on any atom is 0.126 e. The molecule has 5 rings (SSSR count). The van der Waals surface area contributed by atoms with Gasteiger partial charge in [-0.1, -0.05) is 48.2 Å². The molecule has 0 spiro atoms. The van der Waals surface area contributed by atoms with Crippen molar-refractivity contribution in [2.75, 3.05) is 26.7 Å². The summed E-state index contributed by atoms with van der Waals surface area (Å²) in [5.41, 5.74) is 5.65. The van der Waals surface area contributed by atoms with Gasteiger partial charge in [-0.05, 0) is 47.9 Å². The summed E-state index contributed by atoms with van der Waals surface area (Å²) in [6, 6.07) is 11.4. The Morgan fingerprint density at radius 3 is 3.00 bits per heavy atom. The lowest BCUT2D eigenvalue weighted by molar-refractivity contribution is 0.0131. The molecule has 1 saturated heterocycles. The highest BCUT2D eigenvalue weighted by Crippen LogP contribution is 2.56. The maximum atomic E-state index is 6.29. The third-order valence-electron chi connectivity index (χ3n) is 6.13. The molecule has 0 aromatic heterocycles. The van der Waals surface area contributed by atoms with E-state index in [0.717, 1.165) is 32.5 Å². The van der Waals surface area contributed by atoms with Crippen LogP contribution in [-0.4, -0.2) is 37.7 Å². The molecule has 1 aliphatic carbocycles. The number of piperidine rings is 1. The number of methoxy groups -OCH3 is 1. The van der Waals surface area contributed by atoms with Gasteiger partial charge in [0.1, 0.15) is 5.60 Å². The fourth-order valence-corrected chi connectivity index (χ4v) is 6.14. The summed E-state index contributed by atoms with van der Waals surface area (Å²) < 4.78 is 6.29. The first kappa shape index (κ1) is 15.7. The molecule has 4 heteroatoms. The first-order valence-electron chi connectivity index (χ1n) is 9.22. The molecule has 3 heterocycles. The van der Waals surface area contributed by atoms with Crippen LogP contribution >= 0.6 is 11.8 Å². The van der Waals surface area contributed by atoms with Crippen molar-refractivity contribution in [2.45, 2.75) is 30.9 Å². The lowest BCUT2D eigenvalue weighted by Gasteiger charge is -2.41. The van der Waals surface area contributed by atoms with Crippen LogP contribution in [0.5, 0.6) is 0 Å². The highest BCUT2D eigenvalue weighted by atomic mass is 32.2. The van der Waals surface area contributed by atoms with E-state index in [0.29, 0.717) is 6.04 Å². The zero-order valence-corrected chi connectivity index (χ0v) is 15.4. The quantitative estimate of drug-likeness (QED) is 0.876. The van der Waals surface area contributed by atoms with Crippen molar-refractivity contribution in [3.8, 4) is 0 Å². The SMILES string of the molecule is COC1(c2ccccc2)CCC2=C3CNCCC3N3CC=CSC1=C23. The van der Waals surface area contributed by atoms with E-state index < -0.39 is 0 Å². The number of fused-ring (bicyclic) bond motifs is 2. The number of hydrogen-bond donors (Lipinski definition) is 1. The molecule has 25 heavy (non-hydrogen) atoms. The predicted molar refractivity (Wildman–Crippen MR) is 103 cm³/mol. The molecule has 0 bridgehead atoms. The Labute approximate surface area is 153 Å². The third kappa shape index (κ3) is 2.21. The van der Waals surface area contributed by atoms with Gasteiger partial charge in [-0.15, -0.1) is 0 Å². The Morgan fingerprint density at radius 1 is 1.28 bits per heavy atom. The number of thioether (sulfide) groups is 1. The molecular weight excluding hydrogens is 328 g/mol. The van der Waals surface area contributed by atoms with E-state index >= 15 is 0 Å². The molecule has 130 valence electrons. The van der Waals surface area contributed by atoms with E-state index in [1.54, 1.807) is 11.1 Å². The zero-order valence-electron chi connectivity index (χ0n) is 14.6. The second-order valence-electron chi connectivity index (χ2n) is 7.20. The predicted octanol–water partition coefficient (Wildman–Crippen LogP) is 3.77. The van der Waals surface area contributed by atoms with E-state index in [-0.39, 0.29) is 5.60 Å². The molecule has 0 radical (unpaired) electrons. The summed E-state index contributed by atoms with van der Waals surface area (Å²) in [5.74, 6) is 0. The molecule has 1 aromatic rings. The summed E-state index contributed by atoms with van der Waals surface area (Å²) in [7, 11) is 1.88. The number of nitrogens with zero attached hydrogens (tertiary/aromatic N) is 1. The topological polar surface area (TPSA) is 24.5 Å². The average molecular weight is 353 g/mol. The minimum atomic E-state index is -0.320. The fourth-order valence-electron chi connectivity index (χ4n) is 4.98. The number of nitrogens with one attached hydrogen (secondary N) is 1. The van der Waals surface area contributed by atoms with E-state index in [1.165, 1.54) is 22.6 Å². The highest BCUT2D eigenvalue weighted by molar-refractivity contribution is 8.05. The molecule has 1 N–H and O–H groups in total. The van der Waals surface area contributed by atoms with Gasteiger partial charge in [-0.25, -0.2) is 0 Å². The Morgan fingerprint density at radius 2 is 2.16 bits per heavy atom. The van der Waals surface area contributed by atoms with E-state index in [9.17, 15) is 0 Å². The summed E-state index contributed by atoms with van der Waals surface area (Å²) in [6.45, 7) is 3.18. The van der Waals surface area contributed by atoms with Crippen LogP contribution in [0, 0.1) is 0 Å². The van der Waals surface area contributed by atoms with Crippen LogP contribution in [0.1, 0.15) is 24.8 Å². The van der Waals surface area contributed by atoms with Crippen LogP contribution in [0.15, 0.2) is 63.6 Å². The van der Waals surface area contributed by atoms with Crippen molar-refractivity contribution >= 4 is 11.8 Å². The van der Waals surface area contributed by atoms with E-state index in [1.807, 2.05) is 18.9 Å². The number of benzene rings is 1. The molecule has 0 saturated carbocycles. The Balaban J connectivity index is 1.73. The smallest absolute Gasteiger partial charge is 0.126 e. The van der Waals surface area contributed by atoms with Crippen LogP contribution in [0.4, 0.5) is 0 Å². The Bertz CT molecular complexity index is 782. The van der Waals surface area contributed by atoms with Gasteiger partial charge >= 0.3 is 0 Å². The van der Waals surface area contributed by atoms with E-state index in [4.69, 9.17) is 4.74 Å². The van der Waals surface area contributed by atoms with Crippen LogP contribution in [0.2, 0.25) is 0 Å². The monoisotopic (exact) mass is 352 g/mol. The van der Waals surface area contributed by atoms with Crippen LogP contribution in [-0.2, 0) is 10.3 Å². The lowest BCUT2D eigenvalue weighted by Crippen LogP contribution is -2.41. The molecule has 3 nitrogen and oxygen atoms in total. The van der Waals surface area contributed by atoms with Crippen molar-refractivity contribution < 1.29 is 4.74 Å². The summed E-state index contributed by atoms with van der Waals surface area (Å²) in [6.07, 6.45) is 5.65. The van der Waals surface area contributed by atoms with Crippen LogP contribution < -0.4 is 5.32 Å². The third-order valence-corrected chi connectivity index (χ3v) is 7.22. The first-order valence-corrected chi connectivity index (χ1v) is 10.1. The molecule has 0 amide bonds.